The number of halogens is 1. The Labute approximate surface area is 133 Å². The maximum atomic E-state index is 6.16. The molecular formula is C16H16ClNS2. The molecule has 1 heterocycles. The summed E-state index contributed by atoms with van der Waals surface area (Å²) in [6.45, 7) is 0.721. The molecule has 2 aromatic carbocycles. The molecule has 2 aromatic rings. The first-order valence-electron chi connectivity index (χ1n) is 6.65. The van der Waals surface area contributed by atoms with Crippen molar-refractivity contribution in [3.8, 4) is 0 Å². The molecule has 0 aliphatic carbocycles. The lowest BCUT2D eigenvalue weighted by molar-refractivity contribution is 0.899. The van der Waals surface area contributed by atoms with Gasteiger partial charge in [0.15, 0.2) is 0 Å². The van der Waals surface area contributed by atoms with Gasteiger partial charge in [0, 0.05) is 32.4 Å². The van der Waals surface area contributed by atoms with Crippen LogP contribution < -0.4 is 5.73 Å². The van der Waals surface area contributed by atoms with Gasteiger partial charge in [-0.05, 0) is 41.8 Å². The molecule has 1 unspecified atom stereocenters. The average Bonchev–Trinajstić information content (AvgIpc) is 2.61. The molecule has 0 saturated heterocycles. The van der Waals surface area contributed by atoms with Crippen LogP contribution in [0, 0.1) is 0 Å². The van der Waals surface area contributed by atoms with Crippen LogP contribution in [0.5, 0.6) is 0 Å². The lowest BCUT2D eigenvalue weighted by atomic mass is 10.0. The van der Waals surface area contributed by atoms with Crippen LogP contribution in [-0.2, 0) is 6.42 Å². The normalized spacial score (nSPS) is 17.2. The summed E-state index contributed by atoms with van der Waals surface area (Å²) in [4.78, 5) is 2.67. The lowest BCUT2D eigenvalue weighted by Crippen LogP contribution is -2.06. The number of fused-ring (bicyclic) bond motifs is 2. The molecule has 0 spiro atoms. The summed E-state index contributed by atoms with van der Waals surface area (Å²) in [6.07, 6.45) is 1.02. The molecule has 3 rings (SSSR count). The predicted octanol–water partition coefficient (Wildman–Crippen LogP) is 4.78. The van der Waals surface area contributed by atoms with E-state index in [0.29, 0.717) is 5.25 Å². The molecule has 0 bridgehead atoms. The van der Waals surface area contributed by atoms with Crippen LogP contribution in [0.3, 0.4) is 0 Å². The minimum Gasteiger partial charge on any atom is -0.330 e. The molecule has 0 saturated carbocycles. The third kappa shape index (κ3) is 3.01. The average molecular weight is 322 g/mol. The van der Waals surface area contributed by atoms with Gasteiger partial charge in [0.1, 0.15) is 0 Å². The molecule has 0 fully saturated rings. The van der Waals surface area contributed by atoms with E-state index in [2.05, 4.69) is 36.4 Å². The van der Waals surface area contributed by atoms with Gasteiger partial charge in [-0.25, -0.2) is 0 Å². The number of benzene rings is 2. The van der Waals surface area contributed by atoms with Crippen molar-refractivity contribution in [3.05, 3.63) is 58.6 Å². The second-order valence-electron chi connectivity index (χ2n) is 4.74. The smallest absolute Gasteiger partial charge is 0.0409 e. The van der Waals surface area contributed by atoms with Gasteiger partial charge in [-0.15, -0.1) is 0 Å². The van der Waals surface area contributed by atoms with E-state index in [1.54, 1.807) is 0 Å². The summed E-state index contributed by atoms with van der Waals surface area (Å²) in [5, 5.41) is 1.28. The topological polar surface area (TPSA) is 26.0 Å². The zero-order valence-corrected chi connectivity index (χ0v) is 13.4. The summed E-state index contributed by atoms with van der Waals surface area (Å²) in [6, 6.07) is 14.9. The quantitative estimate of drug-likeness (QED) is 0.881. The van der Waals surface area contributed by atoms with Gasteiger partial charge in [0.2, 0.25) is 0 Å². The monoisotopic (exact) mass is 321 g/mol. The molecular weight excluding hydrogens is 306 g/mol. The van der Waals surface area contributed by atoms with Gasteiger partial charge < -0.3 is 5.73 Å². The van der Waals surface area contributed by atoms with E-state index in [1.807, 2.05) is 29.6 Å². The van der Waals surface area contributed by atoms with Gasteiger partial charge in [0.05, 0.1) is 0 Å². The summed E-state index contributed by atoms with van der Waals surface area (Å²) in [5.74, 6) is 0.986. The molecule has 0 amide bonds. The highest BCUT2D eigenvalue weighted by molar-refractivity contribution is 8.00. The number of hydrogen-bond acceptors (Lipinski definition) is 3. The summed E-state index contributed by atoms with van der Waals surface area (Å²) in [7, 11) is 0. The minimum atomic E-state index is 0.460. The van der Waals surface area contributed by atoms with Crippen LogP contribution in [0.1, 0.15) is 16.4 Å². The maximum Gasteiger partial charge on any atom is 0.0409 e. The van der Waals surface area contributed by atoms with Crippen molar-refractivity contribution in [2.75, 3.05) is 12.3 Å². The van der Waals surface area contributed by atoms with Crippen LogP contribution in [-0.4, -0.2) is 12.3 Å². The Morgan fingerprint density at radius 3 is 2.90 bits per heavy atom. The Bertz CT molecular complexity index is 615. The number of hydrogen-bond donors (Lipinski definition) is 1. The highest BCUT2D eigenvalue weighted by atomic mass is 35.5. The fourth-order valence-electron chi connectivity index (χ4n) is 2.43. The Morgan fingerprint density at radius 2 is 2.05 bits per heavy atom. The first kappa shape index (κ1) is 14.3. The van der Waals surface area contributed by atoms with E-state index in [4.69, 9.17) is 17.3 Å². The number of rotatable bonds is 3. The SMILES string of the molecule is NCCSC1Cc2cc(Cl)ccc2Sc2ccccc21. The Hall–Kier alpha value is -0.610. The van der Waals surface area contributed by atoms with E-state index in [0.717, 1.165) is 23.7 Å². The first-order chi connectivity index (χ1) is 9.78. The third-order valence-electron chi connectivity index (χ3n) is 3.35. The summed E-state index contributed by atoms with van der Waals surface area (Å²) < 4.78 is 0. The summed E-state index contributed by atoms with van der Waals surface area (Å²) in [5.41, 5.74) is 8.44. The first-order valence-corrected chi connectivity index (χ1v) is 8.89. The predicted molar refractivity (Wildman–Crippen MR) is 90.0 cm³/mol. The molecule has 20 heavy (non-hydrogen) atoms. The van der Waals surface area contributed by atoms with Crippen LogP contribution in [0.15, 0.2) is 52.3 Å². The summed E-state index contributed by atoms with van der Waals surface area (Å²) >= 11 is 9.94. The van der Waals surface area contributed by atoms with Crippen LogP contribution in [0.2, 0.25) is 5.02 Å². The lowest BCUT2D eigenvalue weighted by Gasteiger charge is -2.16. The molecule has 2 N–H and O–H groups in total. The maximum absolute atomic E-state index is 6.16. The van der Waals surface area contributed by atoms with Gasteiger partial charge in [-0.2, -0.15) is 11.8 Å². The highest BCUT2D eigenvalue weighted by Crippen LogP contribution is 2.45. The minimum absolute atomic E-state index is 0.460. The second kappa shape index (κ2) is 6.44. The molecule has 0 aromatic heterocycles. The van der Waals surface area contributed by atoms with Crippen molar-refractivity contribution in [2.24, 2.45) is 5.73 Å². The Balaban J connectivity index is 2.02. The fourth-order valence-corrected chi connectivity index (χ4v) is 4.93. The molecule has 1 aliphatic heterocycles. The van der Waals surface area contributed by atoms with Crippen molar-refractivity contribution >= 4 is 35.1 Å². The molecule has 104 valence electrons. The van der Waals surface area contributed by atoms with Crippen molar-refractivity contribution in [1.29, 1.82) is 0 Å². The van der Waals surface area contributed by atoms with Crippen molar-refractivity contribution in [2.45, 2.75) is 21.5 Å². The molecule has 0 radical (unpaired) electrons. The van der Waals surface area contributed by atoms with E-state index in [-0.39, 0.29) is 0 Å². The Kier molecular flexibility index (Phi) is 4.61. The second-order valence-corrected chi connectivity index (χ2v) is 7.57. The van der Waals surface area contributed by atoms with E-state index in [1.165, 1.54) is 20.9 Å². The highest BCUT2D eigenvalue weighted by Gasteiger charge is 2.22. The Morgan fingerprint density at radius 1 is 1.20 bits per heavy atom. The van der Waals surface area contributed by atoms with Gasteiger partial charge >= 0.3 is 0 Å². The van der Waals surface area contributed by atoms with Gasteiger partial charge in [-0.1, -0.05) is 41.6 Å². The third-order valence-corrected chi connectivity index (χ3v) is 6.09. The largest absolute Gasteiger partial charge is 0.330 e. The van der Waals surface area contributed by atoms with Gasteiger partial charge in [-0.3, -0.25) is 0 Å². The number of nitrogens with two attached hydrogens (primary N) is 1. The zero-order valence-electron chi connectivity index (χ0n) is 11.0. The fraction of sp³-hybridized carbons (Fsp3) is 0.250. The molecule has 1 nitrogen and oxygen atoms in total. The van der Waals surface area contributed by atoms with E-state index < -0.39 is 0 Å². The van der Waals surface area contributed by atoms with E-state index in [9.17, 15) is 0 Å². The van der Waals surface area contributed by atoms with Gasteiger partial charge in [0.25, 0.3) is 0 Å². The van der Waals surface area contributed by atoms with Crippen molar-refractivity contribution in [3.63, 3.8) is 0 Å². The van der Waals surface area contributed by atoms with Crippen LogP contribution in [0.4, 0.5) is 0 Å². The van der Waals surface area contributed by atoms with Crippen molar-refractivity contribution in [1.82, 2.24) is 0 Å². The standard InChI is InChI=1S/C16H16ClNS2/c17-12-5-6-14-11(9-12)10-16(19-8-7-18)13-3-1-2-4-15(13)20-14/h1-6,9,16H,7-8,10,18H2. The molecule has 1 aliphatic rings. The van der Waals surface area contributed by atoms with Crippen LogP contribution in [0.25, 0.3) is 0 Å². The van der Waals surface area contributed by atoms with Crippen LogP contribution >= 0.6 is 35.1 Å². The molecule has 1 atom stereocenters. The number of thioether (sulfide) groups is 1. The van der Waals surface area contributed by atoms with E-state index >= 15 is 0 Å². The van der Waals surface area contributed by atoms with Crippen molar-refractivity contribution < 1.29 is 0 Å². The molecule has 4 heteroatoms. The zero-order chi connectivity index (χ0) is 13.9.